The predicted molar refractivity (Wildman–Crippen MR) is 113 cm³/mol. The van der Waals surface area contributed by atoms with E-state index in [0.717, 1.165) is 22.5 Å². The fraction of sp³-hybridized carbons (Fsp3) is 0.261. The Labute approximate surface area is 162 Å². The Kier molecular flexibility index (Phi) is 7.28. The number of rotatable bonds is 6. The molecule has 136 valence electrons. The molecule has 0 atom stereocenters. The predicted octanol–water partition coefficient (Wildman–Crippen LogP) is 6.19. The highest BCUT2D eigenvalue weighted by Gasteiger charge is 2.06. The van der Waals surface area contributed by atoms with E-state index in [1.165, 1.54) is 16.7 Å². The van der Waals surface area contributed by atoms with E-state index in [1.54, 1.807) is 6.07 Å². The molecule has 2 aromatic carbocycles. The van der Waals surface area contributed by atoms with E-state index in [0.29, 0.717) is 12.2 Å². The molecule has 26 heavy (non-hydrogen) atoms. The lowest BCUT2D eigenvalue weighted by molar-refractivity contribution is 0.0526. The van der Waals surface area contributed by atoms with Crippen LogP contribution >= 0.6 is 12.6 Å². The summed E-state index contributed by atoms with van der Waals surface area (Å²) in [6.45, 7) is 8.42. The molecule has 0 fully saturated rings. The number of hydrogen-bond donors (Lipinski definition) is 1. The summed E-state index contributed by atoms with van der Waals surface area (Å²) in [5.41, 5.74) is 6.34. The van der Waals surface area contributed by atoms with Crippen molar-refractivity contribution in [3.63, 3.8) is 0 Å². The molecule has 0 spiro atoms. The average Bonchev–Trinajstić information content (AvgIpc) is 2.62. The minimum atomic E-state index is -0.287. The van der Waals surface area contributed by atoms with Gasteiger partial charge in [-0.3, -0.25) is 0 Å². The Bertz CT molecular complexity index is 843. The third-order valence-corrected chi connectivity index (χ3v) is 4.72. The van der Waals surface area contributed by atoms with Gasteiger partial charge in [-0.1, -0.05) is 48.0 Å². The zero-order valence-electron chi connectivity index (χ0n) is 15.9. The molecule has 0 aliphatic rings. The maximum Gasteiger partial charge on any atom is 0.338 e. The van der Waals surface area contributed by atoms with Crippen molar-refractivity contribution in [3.8, 4) is 0 Å². The summed E-state index contributed by atoms with van der Waals surface area (Å²) in [5, 5.41) is 0. The Morgan fingerprint density at radius 1 is 1.04 bits per heavy atom. The smallest absolute Gasteiger partial charge is 0.338 e. The summed E-state index contributed by atoms with van der Waals surface area (Å²) in [6, 6.07) is 16.0. The number of allylic oxidation sites excluding steroid dienone is 3. The molecule has 0 saturated carbocycles. The Morgan fingerprint density at radius 2 is 1.73 bits per heavy atom. The average molecular weight is 367 g/mol. The van der Waals surface area contributed by atoms with Crippen molar-refractivity contribution in [2.24, 2.45) is 0 Å². The molecule has 0 aliphatic carbocycles. The van der Waals surface area contributed by atoms with Crippen molar-refractivity contribution in [1.82, 2.24) is 0 Å². The van der Waals surface area contributed by atoms with Gasteiger partial charge in [0.1, 0.15) is 0 Å². The van der Waals surface area contributed by atoms with Gasteiger partial charge in [0.05, 0.1) is 12.2 Å². The molecule has 0 N–H and O–H groups in total. The molecule has 0 amide bonds. The third-order valence-electron chi connectivity index (χ3n) is 4.11. The van der Waals surface area contributed by atoms with Gasteiger partial charge in [-0.15, -0.1) is 12.6 Å². The van der Waals surface area contributed by atoms with Crippen LogP contribution in [0, 0.1) is 0 Å². The summed E-state index contributed by atoms with van der Waals surface area (Å²) in [7, 11) is 0. The van der Waals surface area contributed by atoms with E-state index in [9.17, 15) is 4.79 Å². The highest BCUT2D eigenvalue weighted by Crippen LogP contribution is 2.22. The van der Waals surface area contributed by atoms with Crippen molar-refractivity contribution in [3.05, 3.63) is 81.3 Å². The number of esters is 1. The molecule has 0 aliphatic heterocycles. The highest BCUT2D eigenvalue weighted by atomic mass is 32.1. The largest absolute Gasteiger partial charge is 0.462 e. The first kappa shape index (κ1) is 20.1. The molecule has 0 unspecified atom stereocenters. The van der Waals surface area contributed by atoms with Crippen LogP contribution < -0.4 is 0 Å². The normalized spacial score (nSPS) is 11.2. The molecule has 0 heterocycles. The second-order valence-electron chi connectivity index (χ2n) is 6.50. The van der Waals surface area contributed by atoms with Gasteiger partial charge in [-0.05, 0) is 67.0 Å². The highest BCUT2D eigenvalue weighted by molar-refractivity contribution is 7.84. The molecular formula is C23H26O2S. The maximum atomic E-state index is 11.9. The summed E-state index contributed by atoms with van der Waals surface area (Å²) < 4.78 is 5.07. The van der Waals surface area contributed by atoms with Gasteiger partial charge in [0.15, 0.2) is 0 Å². The lowest BCUT2D eigenvalue weighted by Crippen LogP contribution is -2.04. The first-order valence-electron chi connectivity index (χ1n) is 8.80. The number of ether oxygens (including phenoxy) is 1. The van der Waals surface area contributed by atoms with E-state index >= 15 is 0 Å². The van der Waals surface area contributed by atoms with E-state index in [1.807, 2.05) is 25.1 Å². The molecule has 0 bridgehead atoms. The second kappa shape index (κ2) is 9.44. The van der Waals surface area contributed by atoms with Gasteiger partial charge in [0, 0.05) is 6.42 Å². The number of carbonyl (C=O) groups excluding carboxylic acids is 1. The standard InChI is InChI=1S/C23H26O2S/c1-5-25-23(24)21-11-7-8-18(14-21)12-17(4)20-10-6-9-19(13-20)15-22(26)16(2)3/h6-14,26H,5,15H2,1-4H3. The number of carbonyl (C=O) groups is 1. The molecule has 2 nitrogen and oxygen atoms in total. The van der Waals surface area contributed by atoms with Crippen LogP contribution in [0.5, 0.6) is 0 Å². The van der Waals surface area contributed by atoms with Crippen molar-refractivity contribution in [2.75, 3.05) is 6.61 Å². The van der Waals surface area contributed by atoms with Crippen LogP contribution in [-0.4, -0.2) is 12.6 Å². The summed E-state index contributed by atoms with van der Waals surface area (Å²) in [5.74, 6) is -0.287. The van der Waals surface area contributed by atoms with Gasteiger partial charge < -0.3 is 4.74 Å². The van der Waals surface area contributed by atoms with Gasteiger partial charge in [0.25, 0.3) is 0 Å². The summed E-state index contributed by atoms with van der Waals surface area (Å²) >= 11 is 4.57. The van der Waals surface area contributed by atoms with Gasteiger partial charge in [0.2, 0.25) is 0 Å². The first-order valence-corrected chi connectivity index (χ1v) is 9.25. The van der Waals surface area contributed by atoms with Gasteiger partial charge >= 0.3 is 5.97 Å². The second-order valence-corrected chi connectivity index (χ2v) is 7.04. The van der Waals surface area contributed by atoms with E-state index in [2.05, 4.69) is 63.7 Å². The molecule has 0 aromatic heterocycles. The Morgan fingerprint density at radius 3 is 2.42 bits per heavy atom. The molecule has 0 radical (unpaired) electrons. The topological polar surface area (TPSA) is 26.3 Å². The summed E-state index contributed by atoms with van der Waals surface area (Å²) in [4.78, 5) is 13.0. The van der Waals surface area contributed by atoms with Gasteiger partial charge in [-0.2, -0.15) is 0 Å². The van der Waals surface area contributed by atoms with Gasteiger partial charge in [-0.25, -0.2) is 4.79 Å². The van der Waals surface area contributed by atoms with E-state index < -0.39 is 0 Å². The third kappa shape index (κ3) is 5.63. The zero-order chi connectivity index (χ0) is 19.1. The monoisotopic (exact) mass is 366 g/mol. The molecule has 3 heteroatoms. The van der Waals surface area contributed by atoms with Crippen molar-refractivity contribution in [2.45, 2.75) is 34.1 Å². The SMILES string of the molecule is CCOC(=O)c1cccc(C=C(C)c2cccc(CC(S)=C(C)C)c2)c1. The molecule has 2 aromatic rings. The molecule has 0 saturated heterocycles. The minimum absolute atomic E-state index is 0.287. The first-order chi connectivity index (χ1) is 12.4. The zero-order valence-corrected chi connectivity index (χ0v) is 16.8. The van der Waals surface area contributed by atoms with Crippen molar-refractivity contribution < 1.29 is 9.53 Å². The Balaban J connectivity index is 2.26. The molecule has 2 rings (SSSR count). The number of thiol groups is 1. The van der Waals surface area contributed by atoms with Crippen LogP contribution in [0.3, 0.4) is 0 Å². The quantitative estimate of drug-likeness (QED) is 0.375. The number of hydrogen-bond acceptors (Lipinski definition) is 3. The maximum absolute atomic E-state index is 11.9. The van der Waals surface area contributed by atoms with Crippen LogP contribution in [0.15, 0.2) is 59.0 Å². The minimum Gasteiger partial charge on any atom is -0.462 e. The Hall–Kier alpha value is -2.26. The lowest BCUT2D eigenvalue weighted by Gasteiger charge is -2.08. The lowest BCUT2D eigenvalue weighted by atomic mass is 10.00. The van der Waals surface area contributed by atoms with E-state index in [-0.39, 0.29) is 5.97 Å². The number of benzene rings is 2. The molecular weight excluding hydrogens is 340 g/mol. The summed E-state index contributed by atoms with van der Waals surface area (Å²) in [6.07, 6.45) is 2.93. The van der Waals surface area contributed by atoms with Crippen LogP contribution in [0.1, 0.15) is 54.7 Å². The van der Waals surface area contributed by atoms with Crippen LogP contribution in [0.4, 0.5) is 0 Å². The van der Waals surface area contributed by atoms with Crippen molar-refractivity contribution >= 4 is 30.2 Å². The fourth-order valence-electron chi connectivity index (χ4n) is 2.60. The fourth-order valence-corrected chi connectivity index (χ4v) is 2.78. The van der Waals surface area contributed by atoms with Crippen LogP contribution in [0.2, 0.25) is 0 Å². The van der Waals surface area contributed by atoms with Crippen LogP contribution in [0.25, 0.3) is 11.6 Å². The van der Waals surface area contributed by atoms with Crippen molar-refractivity contribution in [1.29, 1.82) is 0 Å². The van der Waals surface area contributed by atoms with E-state index in [4.69, 9.17) is 4.74 Å². The van der Waals surface area contributed by atoms with Crippen LogP contribution in [-0.2, 0) is 11.2 Å².